The Bertz CT molecular complexity index is 1470. The predicted molar refractivity (Wildman–Crippen MR) is 129 cm³/mol. The summed E-state index contributed by atoms with van der Waals surface area (Å²) in [6.45, 7) is 0.0193. The van der Waals surface area contributed by atoms with E-state index in [2.05, 4.69) is 0 Å². The van der Waals surface area contributed by atoms with Crippen molar-refractivity contribution in [3.05, 3.63) is 96.6 Å². The number of carbonyl (C=O) groups excluding carboxylic acids is 2. The van der Waals surface area contributed by atoms with Crippen LogP contribution in [-0.2, 0) is 35.8 Å². The molecule has 3 aliphatic rings. The zero-order valence-corrected chi connectivity index (χ0v) is 20.2. The highest BCUT2D eigenvalue weighted by molar-refractivity contribution is 7.96. The van der Waals surface area contributed by atoms with Crippen molar-refractivity contribution in [2.75, 3.05) is 0 Å². The quantitative estimate of drug-likeness (QED) is 0.506. The largest absolute Gasteiger partial charge is 0.327 e. The first-order valence-electron chi connectivity index (χ1n) is 11.2. The summed E-state index contributed by atoms with van der Waals surface area (Å²) in [5.41, 5.74) is 0.722. The normalized spacial score (nSPS) is 24.5. The zero-order valence-electron chi connectivity index (χ0n) is 18.6. The second-order valence-corrected chi connectivity index (χ2v) is 13.0. The molecule has 0 radical (unpaired) electrons. The van der Waals surface area contributed by atoms with Crippen molar-refractivity contribution in [2.24, 2.45) is 5.92 Å². The maximum atomic E-state index is 14.0. The van der Waals surface area contributed by atoms with E-state index in [9.17, 15) is 26.4 Å². The van der Waals surface area contributed by atoms with E-state index in [0.717, 1.165) is 5.56 Å². The Hall–Kier alpha value is -3.30. The van der Waals surface area contributed by atoms with E-state index in [1.807, 2.05) is 6.07 Å². The van der Waals surface area contributed by atoms with Crippen molar-refractivity contribution < 1.29 is 26.4 Å². The SMILES string of the molecule is O=C1C[C@@H]2C(=O)N(Cc3ccccc3)[C@@H]1[C@H](S(=O)(=O)c1ccccc1)[C@@H]2S(=O)(=O)c1ccccc1. The third-order valence-corrected chi connectivity index (χ3v) is 11.4. The number of nitrogens with zero attached hydrogens (tertiary/aromatic N) is 1. The molecule has 3 fully saturated rings. The van der Waals surface area contributed by atoms with Crippen LogP contribution in [0.3, 0.4) is 0 Å². The van der Waals surface area contributed by atoms with E-state index in [4.69, 9.17) is 0 Å². The van der Waals surface area contributed by atoms with Crippen LogP contribution in [0.2, 0.25) is 0 Å². The highest BCUT2D eigenvalue weighted by Crippen LogP contribution is 2.45. The number of piperidine rings is 2. The Kier molecular flexibility index (Phi) is 5.85. The molecule has 1 amide bonds. The fourth-order valence-corrected chi connectivity index (χ4v) is 10.1. The lowest BCUT2D eigenvalue weighted by atomic mass is 9.77. The minimum Gasteiger partial charge on any atom is -0.327 e. The number of sulfone groups is 2. The second-order valence-electron chi connectivity index (χ2n) is 8.82. The summed E-state index contributed by atoms with van der Waals surface area (Å²) in [6.07, 6.45) is -0.299. The minimum absolute atomic E-state index is 0.0193. The molecule has 9 heteroatoms. The fraction of sp³-hybridized carbons (Fsp3) is 0.231. The van der Waals surface area contributed by atoms with Gasteiger partial charge in [0, 0.05) is 13.0 Å². The zero-order chi connectivity index (χ0) is 24.8. The Balaban J connectivity index is 1.69. The molecule has 180 valence electrons. The van der Waals surface area contributed by atoms with Crippen LogP contribution in [0, 0.1) is 5.92 Å². The van der Waals surface area contributed by atoms with Crippen molar-refractivity contribution in [1.29, 1.82) is 0 Å². The van der Waals surface area contributed by atoms with Crippen LogP contribution >= 0.6 is 0 Å². The number of hydrogen-bond donors (Lipinski definition) is 0. The highest BCUT2D eigenvalue weighted by atomic mass is 32.2. The topological polar surface area (TPSA) is 106 Å². The molecule has 2 bridgehead atoms. The third kappa shape index (κ3) is 3.88. The van der Waals surface area contributed by atoms with Gasteiger partial charge in [0.1, 0.15) is 11.3 Å². The van der Waals surface area contributed by atoms with Crippen molar-refractivity contribution >= 4 is 31.4 Å². The summed E-state index contributed by atoms with van der Waals surface area (Å²) in [4.78, 5) is 27.9. The molecule has 0 aromatic heterocycles. The third-order valence-electron chi connectivity index (χ3n) is 6.77. The van der Waals surface area contributed by atoms with Gasteiger partial charge >= 0.3 is 0 Å². The standard InChI is InChI=1S/C26H23NO6S2/c28-22-16-21-24(34(30,31)19-12-6-2-7-13-19)25(35(32,33)20-14-8-3-9-15-20)23(22)27(26(21)29)17-18-10-4-1-5-11-18/h1-15,21,23-25H,16-17H2/t21-,23-,24+,25-/m0/s1. The predicted octanol–water partition coefficient (Wildman–Crippen LogP) is 2.67. The lowest BCUT2D eigenvalue weighted by Crippen LogP contribution is -2.72. The van der Waals surface area contributed by atoms with E-state index in [0.29, 0.717) is 0 Å². The molecule has 6 rings (SSSR count). The van der Waals surface area contributed by atoms with E-state index in [-0.39, 0.29) is 22.8 Å². The Labute approximate surface area is 204 Å². The minimum atomic E-state index is -4.31. The number of hydrogen-bond acceptors (Lipinski definition) is 6. The Morgan fingerprint density at radius 2 is 1.11 bits per heavy atom. The number of carbonyl (C=O) groups is 2. The molecule has 0 unspecified atom stereocenters. The molecule has 2 saturated heterocycles. The number of amides is 1. The maximum absolute atomic E-state index is 14.0. The molecule has 1 saturated carbocycles. The summed E-state index contributed by atoms with van der Waals surface area (Å²) in [5, 5.41) is -3.19. The molecule has 7 nitrogen and oxygen atoms in total. The van der Waals surface area contributed by atoms with Gasteiger partial charge in [-0.15, -0.1) is 0 Å². The van der Waals surface area contributed by atoms with Crippen molar-refractivity contribution in [1.82, 2.24) is 4.90 Å². The first-order chi connectivity index (χ1) is 16.7. The molecule has 3 aromatic rings. The first kappa shape index (κ1) is 23.4. The van der Waals surface area contributed by atoms with Crippen LogP contribution in [0.15, 0.2) is 101 Å². The van der Waals surface area contributed by atoms with E-state index < -0.39 is 53.8 Å². The Morgan fingerprint density at radius 1 is 0.657 bits per heavy atom. The van der Waals surface area contributed by atoms with Crippen molar-refractivity contribution in [3.8, 4) is 0 Å². The lowest BCUT2D eigenvalue weighted by Gasteiger charge is -2.51. The molecule has 35 heavy (non-hydrogen) atoms. The van der Waals surface area contributed by atoms with E-state index >= 15 is 0 Å². The molecule has 3 aromatic carbocycles. The van der Waals surface area contributed by atoms with Crippen LogP contribution in [0.25, 0.3) is 0 Å². The van der Waals surface area contributed by atoms with Crippen LogP contribution in [0.5, 0.6) is 0 Å². The average Bonchev–Trinajstić information content (AvgIpc) is 2.87. The summed E-state index contributed by atoms with van der Waals surface area (Å²) in [6, 6.07) is 22.6. The molecule has 2 heterocycles. The lowest BCUT2D eigenvalue weighted by molar-refractivity contribution is -0.155. The van der Waals surface area contributed by atoms with Gasteiger partial charge in [-0.25, -0.2) is 16.8 Å². The molecule has 2 aliphatic heterocycles. The molecular formula is C26H23NO6S2. The van der Waals surface area contributed by atoms with Crippen LogP contribution in [0.4, 0.5) is 0 Å². The van der Waals surface area contributed by atoms with Gasteiger partial charge in [-0.3, -0.25) is 9.59 Å². The number of ketones is 1. The fourth-order valence-electron chi connectivity index (χ4n) is 5.20. The Morgan fingerprint density at radius 3 is 1.63 bits per heavy atom. The van der Waals surface area contributed by atoms with Gasteiger partial charge in [0.2, 0.25) is 5.91 Å². The molecular weight excluding hydrogens is 486 g/mol. The summed E-state index contributed by atoms with van der Waals surface area (Å²) >= 11 is 0. The summed E-state index contributed by atoms with van der Waals surface area (Å²) in [5.74, 6) is -2.23. The highest BCUT2D eigenvalue weighted by Gasteiger charge is 2.64. The van der Waals surface area contributed by atoms with Gasteiger partial charge in [0.15, 0.2) is 25.5 Å². The van der Waals surface area contributed by atoms with Gasteiger partial charge in [-0.1, -0.05) is 66.7 Å². The average molecular weight is 510 g/mol. The second kappa shape index (κ2) is 8.73. The van der Waals surface area contributed by atoms with Gasteiger partial charge in [-0.2, -0.15) is 0 Å². The molecule has 1 aliphatic carbocycles. The van der Waals surface area contributed by atoms with Crippen molar-refractivity contribution in [2.45, 2.75) is 39.3 Å². The number of Topliss-reactive ketones (excluding diaryl/α,β-unsaturated/α-hetero) is 1. The number of fused-ring (bicyclic) bond motifs is 3. The van der Waals surface area contributed by atoms with Crippen LogP contribution in [-0.4, -0.2) is 50.0 Å². The molecule has 4 atom stereocenters. The first-order valence-corrected chi connectivity index (χ1v) is 14.3. The number of rotatable bonds is 6. The van der Waals surface area contributed by atoms with Crippen molar-refractivity contribution in [3.63, 3.8) is 0 Å². The van der Waals surface area contributed by atoms with Gasteiger partial charge in [0.25, 0.3) is 0 Å². The van der Waals surface area contributed by atoms with Crippen LogP contribution < -0.4 is 0 Å². The van der Waals surface area contributed by atoms with Gasteiger partial charge < -0.3 is 4.90 Å². The van der Waals surface area contributed by atoms with E-state index in [1.165, 1.54) is 29.2 Å². The molecule has 0 N–H and O–H groups in total. The summed E-state index contributed by atoms with van der Waals surface area (Å²) < 4.78 is 55.6. The molecule has 0 spiro atoms. The van der Waals surface area contributed by atoms with Gasteiger partial charge in [0.05, 0.1) is 21.0 Å². The van der Waals surface area contributed by atoms with Crippen LogP contribution in [0.1, 0.15) is 12.0 Å². The summed E-state index contributed by atoms with van der Waals surface area (Å²) in [7, 11) is -8.57. The van der Waals surface area contributed by atoms with E-state index in [1.54, 1.807) is 60.7 Å². The monoisotopic (exact) mass is 509 g/mol. The smallest absolute Gasteiger partial charge is 0.228 e. The number of benzene rings is 3. The maximum Gasteiger partial charge on any atom is 0.228 e. The van der Waals surface area contributed by atoms with Gasteiger partial charge in [-0.05, 0) is 29.8 Å².